The Labute approximate surface area is 135 Å². The first-order valence-corrected chi connectivity index (χ1v) is 7.81. The van der Waals surface area contributed by atoms with Gasteiger partial charge in [0.2, 0.25) is 0 Å². The van der Waals surface area contributed by atoms with Crippen molar-refractivity contribution in [2.75, 3.05) is 26.4 Å². The maximum absolute atomic E-state index is 11.0. The molecule has 0 bridgehead atoms. The minimum atomic E-state index is -0.0459. The molecular formula is C18H20N2O3. The Kier molecular flexibility index (Phi) is 5.34. The quantitative estimate of drug-likeness (QED) is 0.829. The lowest BCUT2D eigenvalue weighted by molar-refractivity contribution is 0.0743. The van der Waals surface area contributed by atoms with Crippen LogP contribution >= 0.6 is 0 Å². The van der Waals surface area contributed by atoms with E-state index in [9.17, 15) is 4.79 Å². The number of morpholine rings is 1. The van der Waals surface area contributed by atoms with Crippen LogP contribution in [-0.2, 0) is 11.2 Å². The van der Waals surface area contributed by atoms with Crippen LogP contribution in [0.15, 0.2) is 42.5 Å². The van der Waals surface area contributed by atoms with E-state index in [1.807, 2.05) is 24.3 Å². The molecule has 0 spiro atoms. The number of nitrogens with zero attached hydrogens (tertiary/aromatic N) is 1. The second-order valence-corrected chi connectivity index (χ2v) is 5.40. The van der Waals surface area contributed by atoms with Crippen LogP contribution in [0.4, 0.5) is 0 Å². The molecule has 23 heavy (non-hydrogen) atoms. The molecule has 1 atom stereocenters. The van der Waals surface area contributed by atoms with Crippen molar-refractivity contribution in [3.8, 4) is 5.75 Å². The summed E-state index contributed by atoms with van der Waals surface area (Å²) in [5.41, 5.74) is 2.37. The highest BCUT2D eigenvalue weighted by Gasteiger charge is 2.21. The van der Waals surface area contributed by atoms with E-state index in [2.05, 4.69) is 22.4 Å². The number of ether oxygens (including phenoxy) is 2. The SMILES string of the molecule is O=Cc1ccc(OCCc2ccccc2)c([C@H]2COCCN2)n1. The Morgan fingerprint density at radius 1 is 1.26 bits per heavy atom. The molecule has 1 aliphatic heterocycles. The van der Waals surface area contributed by atoms with Gasteiger partial charge < -0.3 is 14.8 Å². The van der Waals surface area contributed by atoms with Crippen molar-refractivity contribution in [1.82, 2.24) is 10.3 Å². The molecule has 0 aliphatic carbocycles. The smallest absolute Gasteiger partial charge is 0.168 e. The minimum absolute atomic E-state index is 0.0459. The highest BCUT2D eigenvalue weighted by Crippen LogP contribution is 2.25. The molecule has 0 radical (unpaired) electrons. The number of aldehydes is 1. The average Bonchev–Trinajstić information content (AvgIpc) is 2.63. The molecule has 3 rings (SSSR count). The molecule has 1 aromatic carbocycles. The van der Waals surface area contributed by atoms with Crippen LogP contribution < -0.4 is 10.1 Å². The van der Waals surface area contributed by atoms with Gasteiger partial charge in [-0.2, -0.15) is 0 Å². The van der Waals surface area contributed by atoms with Crippen molar-refractivity contribution in [2.45, 2.75) is 12.5 Å². The van der Waals surface area contributed by atoms with Crippen molar-refractivity contribution in [2.24, 2.45) is 0 Å². The molecule has 0 saturated carbocycles. The number of carbonyl (C=O) groups excluding carboxylic acids is 1. The third-order valence-electron chi connectivity index (χ3n) is 3.77. The van der Waals surface area contributed by atoms with E-state index in [0.717, 1.165) is 24.9 Å². The maximum Gasteiger partial charge on any atom is 0.168 e. The summed E-state index contributed by atoms with van der Waals surface area (Å²) in [6, 6.07) is 13.6. The fraction of sp³-hybridized carbons (Fsp3) is 0.333. The van der Waals surface area contributed by atoms with Crippen LogP contribution in [0.1, 0.15) is 27.8 Å². The van der Waals surface area contributed by atoms with E-state index in [-0.39, 0.29) is 6.04 Å². The summed E-state index contributed by atoms with van der Waals surface area (Å²) in [5, 5.41) is 3.35. The molecule has 120 valence electrons. The van der Waals surface area contributed by atoms with E-state index in [0.29, 0.717) is 31.3 Å². The Morgan fingerprint density at radius 2 is 2.13 bits per heavy atom. The second-order valence-electron chi connectivity index (χ2n) is 5.40. The normalized spacial score (nSPS) is 17.7. The van der Waals surface area contributed by atoms with Crippen LogP contribution in [-0.4, -0.2) is 37.6 Å². The molecule has 1 saturated heterocycles. The predicted molar refractivity (Wildman–Crippen MR) is 86.8 cm³/mol. The van der Waals surface area contributed by atoms with Crippen molar-refractivity contribution >= 4 is 6.29 Å². The summed E-state index contributed by atoms with van der Waals surface area (Å²) in [6.45, 7) is 2.55. The van der Waals surface area contributed by atoms with E-state index in [4.69, 9.17) is 9.47 Å². The summed E-state index contributed by atoms with van der Waals surface area (Å²) in [7, 11) is 0. The largest absolute Gasteiger partial charge is 0.491 e. The Bertz CT molecular complexity index is 640. The van der Waals surface area contributed by atoms with Crippen molar-refractivity contribution in [1.29, 1.82) is 0 Å². The van der Waals surface area contributed by atoms with Gasteiger partial charge in [0.05, 0.1) is 25.9 Å². The first kappa shape index (κ1) is 15.6. The predicted octanol–water partition coefficient (Wildman–Crippen LogP) is 2.18. The van der Waals surface area contributed by atoms with Crippen LogP contribution in [0.25, 0.3) is 0 Å². The fourth-order valence-electron chi connectivity index (χ4n) is 2.58. The number of hydrogen-bond acceptors (Lipinski definition) is 5. The van der Waals surface area contributed by atoms with E-state index in [1.54, 1.807) is 6.07 Å². The molecule has 5 heteroatoms. The number of rotatable bonds is 6. The molecule has 0 amide bonds. The summed E-state index contributed by atoms with van der Waals surface area (Å²) < 4.78 is 11.4. The highest BCUT2D eigenvalue weighted by molar-refractivity contribution is 5.72. The summed E-state index contributed by atoms with van der Waals surface area (Å²) in [6.07, 6.45) is 1.57. The molecule has 1 aliphatic rings. The Morgan fingerprint density at radius 3 is 2.87 bits per heavy atom. The zero-order valence-corrected chi connectivity index (χ0v) is 12.9. The zero-order valence-electron chi connectivity index (χ0n) is 12.9. The minimum Gasteiger partial charge on any atom is -0.491 e. The van der Waals surface area contributed by atoms with Crippen LogP contribution in [0, 0.1) is 0 Å². The number of aromatic nitrogens is 1. The molecule has 2 heterocycles. The zero-order chi connectivity index (χ0) is 15.9. The van der Waals surface area contributed by atoms with E-state index in [1.165, 1.54) is 5.56 Å². The molecule has 5 nitrogen and oxygen atoms in total. The average molecular weight is 312 g/mol. The van der Waals surface area contributed by atoms with Gasteiger partial charge in [0.25, 0.3) is 0 Å². The maximum atomic E-state index is 11.0. The second kappa shape index (κ2) is 7.85. The monoisotopic (exact) mass is 312 g/mol. The van der Waals surface area contributed by atoms with Gasteiger partial charge in [0, 0.05) is 13.0 Å². The van der Waals surface area contributed by atoms with Crippen LogP contribution in [0.5, 0.6) is 5.75 Å². The van der Waals surface area contributed by atoms with E-state index < -0.39 is 0 Å². The van der Waals surface area contributed by atoms with Gasteiger partial charge in [-0.3, -0.25) is 4.79 Å². The molecule has 1 N–H and O–H groups in total. The van der Waals surface area contributed by atoms with Gasteiger partial charge >= 0.3 is 0 Å². The van der Waals surface area contributed by atoms with Gasteiger partial charge in [-0.05, 0) is 17.7 Å². The number of hydrogen-bond donors (Lipinski definition) is 1. The van der Waals surface area contributed by atoms with Crippen LogP contribution in [0.3, 0.4) is 0 Å². The molecule has 1 fully saturated rings. The lowest BCUT2D eigenvalue weighted by atomic mass is 10.1. The topological polar surface area (TPSA) is 60.5 Å². The lowest BCUT2D eigenvalue weighted by Crippen LogP contribution is -2.35. The van der Waals surface area contributed by atoms with Crippen molar-refractivity contribution < 1.29 is 14.3 Å². The Hall–Kier alpha value is -2.24. The van der Waals surface area contributed by atoms with Crippen molar-refractivity contribution in [3.63, 3.8) is 0 Å². The van der Waals surface area contributed by atoms with Gasteiger partial charge in [-0.15, -0.1) is 0 Å². The molecule has 1 aromatic heterocycles. The molecule has 2 aromatic rings. The fourth-order valence-corrected chi connectivity index (χ4v) is 2.58. The Balaban J connectivity index is 1.71. The van der Waals surface area contributed by atoms with Crippen molar-refractivity contribution in [3.05, 3.63) is 59.4 Å². The number of pyridine rings is 1. The standard InChI is InChI=1S/C18H20N2O3/c21-12-15-6-7-17(18(20-15)16-13-22-11-9-19-16)23-10-8-14-4-2-1-3-5-14/h1-7,12,16,19H,8-11,13H2/t16-/m1/s1. The summed E-state index contributed by atoms with van der Waals surface area (Å²) in [5.74, 6) is 0.703. The summed E-state index contributed by atoms with van der Waals surface area (Å²) >= 11 is 0. The first-order chi connectivity index (χ1) is 11.4. The first-order valence-electron chi connectivity index (χ1n) is 7.81. The van der Waals surface area contributed by atoms with Gasteiger partial charge in [-0.1, -0.05) is 30.3 Å². The third kappa shape index (κ3) is 4.15. The number of benzene rings is 1. The number of nitrogens with one attached hydrogen (secondary N) is 1. The molecule has 0 unspecified atom stereocenters. The lowest BCUT2D eigenvalue weighted by Gasteiger charge is -2.25. The number of carbonyl (C=O) groups is 1. The molecular weight excluding hydrogens is 292 g/mol. The third-order valence-corrected chi connectivity index (χ3v) is 3.77. The summed E-state index contributed by atoms with van der Waals surface area (Å²) in [4.78, 5) is 15.4. The van der Waals surface area contributed by atoms with Gasteiger partial charge in [-0.25, -0.2) is 4.98 Å². The van der Waals surface area contributed by atoms with Gasteiger partial charge in [0.15, 0.2) is 6.29 Å². The van der Waals surface area contributed by atoms with Gasteiger partial charge in [0.1, 0.15) is 17.1 Å². The van der Waals surface area contributed by atoms with Crippen LogP contribution in [0.2, 0.25) is 0 Å². The highest BCUT2D eigenvalue weighted by atomic mass is 16.5. The van der Waals surface area contributed by atoms with E-state index >= 15 is 0 Å².